The smallest absolute Gasteiger partial charge is 0.307 e. The van der Waals surface area contributed by atoms with E-state index < -0.39 is 16.8 Å². The first-order valence-corrected chi connectivity index (χ1v) is 13.0. The van der Waals surface area contributed by atoms with Crippen molar-refractivity contribution in [3.8, 4) is 22.5 Å². The molecule has 0 spiro atoms. The highest BCUT2D eigenvalue weighted by atomic mass is 35.5. The van der Waals surface area contributed by atoms with E-state index in [2.05, 4.69) is 10.1 Å². The van der Waals surface area contributed by atoms with E-state index in [4.69, 9.17) is 20.9 Å². The van der Waals surface area contributed by atoms with Crippen LogP contribution in [-0.2, 0) is 20.7 Å². The van der Waals surface area contributed by atoms with Crippen LogP contribution in [0.2, 0.25) is 5.02 Å². The van der Waals surface area contributed by atoms with Gasteiger partial charge in [-0.25, -0.2) is 4.39 Å². The Labute approximate surface area is 220 Å². The maximum absolute atomic E-state index is 15.0. The number of rotatable bonds is 7. The fourth-order valence-corrected chi connectivity index (χ4v) is 5.52. The highest BCUT2D eigenvalue weighted by Gasteiger charge is 2.51. The average molecular weight is 525 g/mol. The van der Waals surface area contributed by atoms with E-state index in [-0.39, 0.29) is 40.5 Å². The molecule has 3 aromatic rings. The molecule has 0 aliphatic heterocycles. The van der Waals surface area contributed by atoms with Gasteiger partial charge in [0.2, 0.25) is 11.7 Å². The molecule has 0 bridgehead atoms. The molecule has 0 amide bonds. The van der Waals surface area contributed by atoms with E-state index in [9.17, 15) is 14.0 Å². The van der Waals surface area contributed by atoms with Crippen molar-refractivity contribution < 1.29 is 23.2 Å². The molecule has 1 saturated carbocycles. The highest BCUT2D eigenvalue weighted by molar-refractivity contribution is 6.31. The highest BCUT2D eigenvalue weighted by Crippen LogP contribution is 2.52. The number of aryl methyl sites for hydroxylation is 2. The summed E-state index contributed by atoms with van der Waals surface area (Å²) >= 11 is 6.21. The summed E-state index contributed by atoms with van der Waals surface area (Å²) in [6.45, 7) is 7.15. The predicted molar refractivity (Wildman–Crippen MR) is 138 cm³/mol. The molecular formula is C29H30ClFN2O4. The zero-order valence-corrected chi connectivity index (χ0v) is 22.2. The molecule has 5 rings (SSSR count). The number of halogens is 2. The van der Waals surface area contributed by atoms with E-state index in [0.717, 1.165) is 42.4 Å². The largest absolute Gasteiger partial charge is 0.460 e. The van der Waals surface area contributed by atoms with Crippen molar-refractivity contribution >= 4 is 23.4 Å². The second-order valence-corrected chi connectivity index (χ2v) is 11.7. The Morgan fingerprint density at radius 2 is 1.97 bits per heavy atom. The van der Waals surface area contributed by atoms with Crippen LogP contribution >= 0.6 is 11.6 Å². The molecule has 1 aromatic heterocycles. The van der Waals surface area contributed by atoms with Crippen LogP contribution in [0.25, 0.3) is 22.5 Å². The lowest BCUT2D eigenvalue weighted by Gasteiger charge is -2.22. The first-order valence-electron chi connectivity index (χ1n) is 12.6. The van der Waals surface area contributed by atoms with Crippen LogP contribution in [0.4, 0.5) is 4.39 Å². The first-order chi connectivity index (χ1) is 17.4. The molecule has 1 fully saturated rings. The average Bonchev–Trinajstić information content (AvgIpc) is 3.28. The number of aromatic nitrogens is 2. The van der Waals surface area contributed by atoms with Gasteiger partial charge in [0, 0.05) is 23.8 Å². The van der Waals surface area contributed by atoms with Gasteiger partial charge < -0.3 is 9.26 Å². The van der Waals surface area contributed by atoms with Gasteiger partial charge in [-0.05, 0) is 86.8 Å². The van der Waals surface area contributed by atoms with Crippen LogP contribution < -0.4 is 0 Å². The van der Waals surface area contributed by atoms with Crippen molar-refractivity contribution in [1.29, 1.82) is 0 Å². The lowest BCUT2D eigenvalue weighted by molar-refractivity contribution is -0.157. The Morgan fingerprint density at radius 3 is 2.62 bits per heavy atom. The number of nitrogens with zero attached hydrogens (tertiary/aromatic N) is 2. The van der Waals surface area contributed by atoms with Crippen LogP contribution in [0.1, 0.15) is 75.8 Å². The number of ether oxygens (including phenoxy) is 1. The molecule has 0 radical (unpaired) electrons. The molecule has 0 unspecified atom stereocenters. The summed E-state index contributed by atoms with van der Waals surface area (Å²) in [5, 5.41) is 4.19. The van der Waals surface area contributed by atoms with Gasteiger partial charge in [0.25, 0.3) is 0 Å². The number of fused-ring (bicyclic) bond motifs is 1. The van der Waals surface area contributed by atoms with Crippen molar-refractivity contribution in [2.75, 3.05) is 0 Å². The fourth-order valence-electron chi connectivity index (χ4n) is 5.31. The molecule has 6 nitrogen and oxygen atoms in total. The maximum Gasteiger partial charge on any atom is 0.307 e. The van der Waals surface area contributed by atoms with Gasteiger partial charge in [-0.15, -0.1) is 0 Å². The van der Waals surface area contributed by atoms with Crippen molar-refractivity contribution in [3.05, 3.63) is 58.2 Å². The molecule has 194 valence electrons. The zero-order chi connectivity index (χ0) is 26.5. The van der Waals surface area contributed by atoms with Gasteiger partial charge in [-0.2, -0.15) is 4.98 Å². The Hall–Kier alpha value is -3.06. The number of ketones is 1. The van der Waals surface area contributed by atoms with Crippen molar-refractivity contribution in [2.45, 2.75) is 77.7 Å². The minimum atomic E-state index is -0.568. The Bertz CT molecular complexity index is 1390. The third kappa shape index (κ3) is 5.33. The first kappa shape index (κ1) is 25.6. The monoisotopic (exact) mass is 524 g/mol. The molecule has 2 aliphatic carbocycles. The van der Waals surface area contributed by atoms with Gasteiger partial charge in [0.05, 0.1) is 12.0 Å². The Morgan fingerprint density at radius 1 is 1.22 bits per heavy atom. The van der Waals surface area contributed by atoms with E-state index in [0.29, 0.717) is 17.9 Å². The number of carbonyl (C=O) groups is 2. The normalized spacial score (nSPS) is 17.9. The summed E-state index contributed by atoms with van der Waals surface area (Å²) in [4.78, 5) is 29.9. The summed E-state index contributed by atoms with van der Waals surface area (Å²) in [5.41, 5.74) is 2.75. The van der Waals surface area contributed by atoms with Crippen molar-refractivity contribution in [1.82, 2.24) is 10.1 Å². The number of hydrogen-bond acceptors (Lipinski definition) is 6. The van der Waals surface area contributed by atoms with Gasteiger partial charge in [-0.1, -0.05) is 35.0 Å². The van der Waals surface area contributed by atoms with Gasteiger partial charge in [0.1, 0.15) is 17.2 Å². The SMILES string of the molecule is Cc1nc(-c2c(F)cc(Cl)cc2-c2ccc3c(c2)CC[C@@H]3CC(=O)C2(CC(=O)OC(C)(C)C)CC2)no1. The maximum atomic E-state index is 15.0. The summed E-state index contributed by atoms with van der Waals surface area (Å²) in [6.07, 6.45) is 3.72. The van der Waals surface area contributed by atoms with Gasteiger partial charge >= 0.3 is 5.97 Å². The minimum absolute atomic E-state index is 0.100. The quantitative estimate of drug-likeness (QED) is 0.309. The van der Waals surface area contributed by atoms with Crippen LogP contribution in [0.3, 0.4) is 0 Å². The number of carbonyl (C=O) groups excluding carboxylic acids is 2. The zero-order valence-electron chi connectivity index (χ0n) is 21.5. The van der Waals surface area contributed by atoms with Crippen LogP contribution in [0.5, 0.6) is 0 Å². The number of Topliss-reactive ketones (excluding diaryl/α,β-unsaturated/α-hetero) is 1. The fraction of sp³-hybridized carbons (Fsp3) is 0.448. The third-order valence-electron chi connectivity index (χ3n) is 7.24. The number of esters is 1. The Balaban J connectivity index is 1.36. The molecule has 8 heteroatoms. The molecule has 1 heterocycles. The van der Waals surface area contributed by atoms with Crippen molar-refractivity contribution in [2.24, 2.45) is 5.41 Å². The molecule has 1 atom stereocenters. The van der Waals surface area contributed by atoms with Crippen LogP contribution in [0, 0.1) is 18.2 Å². The van der Waals surface area contributed by atoms with Crippen molar-refractivity contribution in [3.63, 3.8) is 0 Å². The molecule has 37 heavy (non-hydrogen) atoms. The van der Waals surface area contributed by atoms with Gasteiger partial charge in [-0.3, -0.25) is 9.59 Å². The minimum Gasteiger partial charge on any atom is -0.460 e. The number of hydrogen-bond donors (Lipinski definition) is 0. The standard InChI is InChI=1S/C29H30ClFN2O4/c1-16-32-27(33-37-16)26-22(13-20(30)14-23(26)31)18-7-8-21-17(11-18)5-6-19(21)12-24(34)29(9-10-29)15-25(35)36-28(2,3)4/h7-8,11,13-14,19H,5-6,9-10,12,15H2,1-4H3/t19-/m1/s1. The predicted octanol–water partition coefficient (Wildman–Crippen LogP) is 7.01. The molecule has 0 saturated heterocycles. The summed E-state index contributed by atoms with van der Waals surface area (Å²) in [5.74, 6) is -0.0690. The van der Waals surface area contributed by atoms with E-state index in [1.807, 2.05) is 39.0 Å². The number of benzene rings is 2. The topological polar surface area (TPSA) is 82.3 Å². The lowest BCUT2D eigenvalue weighted by Crippen LogP contribution is -2.28. The van der Waals surface area contributed by atoms with E-state index in [1.54, 1.807) is 13.0 Å². The van der Waals surface area contributed by atoms with E-state index in [1.165, 1.54) is 6.07 Å². The third-order valence-corrected chi connectivity index (χ3v) is 7.46. The second-order valence-electron chi connectivity index (χ2n) is 11.3. The summed E-state index contributed by atoms with van der Waals surface area (Å²) < 4.78 is 25.5. The Kier molecular flexibility index (Phi) is 6.47. The molecule has 2 aliphatic rings. The second kappa shape index (κ2) is 9.35. The lowest BCUT2D eigenvalue weighted by atomic mass is 9.86. The molecule has 2 aromatic carbocycles. The molecular weight excluding hydrogens is 495 g/mol. The summed E-state index contributed by atoms with van der Waals surface area (Å²) in [6, 6.07) is 8.93. The van der Waals surface area contributed by atoms with Crippen LogP contribution in [0.15, 0.2) is 34.9 Å². The molecule has 0 N–H and O–H groups in total. The van der Waals surface area contributed by atoms with Crippen LogP contribution in [-0.4, -0.2) is 27.5 Å². The van der Waals surface area contributed by atoms with E-state index >= 15 is 0 Å². The summed E-state index contributed by atoms with van der Waals surface area (Å²) in [7, 11) is 0. The van der Waals surface area contributed by atoms with Gasteiger partial charge in [0.15, 0.2) is 0 Å².